The highest BCUT2D eigenvalue weighted by molar-refractivity contribution is 7.92. The maximum atomic E-state index is 11.6. The molecule has 0 heterocycles. The summed E-state index contributed by atoms with van der Waals surface area (Å²) in [7, 11) is -3.31. The quantitative estimate of drug-likeness (QED) is 0.737. The van der Waals surface area contributed by atoms with Crippen molar-refractivity contribution in [3.63, 3.8) is 0 Å². The minimum Gasteiger partial charge on any atom is -0.444 e. The Kier molecular flexibility index (Phi) is 6.26. The van der Waals surface area contributed by atoms with Crippen LogP contribution in [0.2, 0.25) is 0 Å². The van der Waals surface area contributed by atoms with Gasteiger partial charge in [0, 0.05) is 18.3 Å². The number of ether oxygens (including phenoxy) is 1. The van der Waals surface area contributed by atoms with Crippen molar-refractivity contribution >= 4 is 27.5 Å². The van der Waals surface area contributed by atoms with Crippen molar-refractivity contribution in [1.82, 2.24) is 5.32 Å². The molecule has 1 rings (SSSR count). The first-order valence-electron chi connectivity index (χ1n) is 7.26. The molecule has 0 aliphatic heterocycles. The van der Waals surface area contributed by atoms with Crippen molar-refractivity contribution in [3.05, 3.63) is 24.3 Å². The van der Waals surface area contributed by atoms with Crippen molar-refractivity contribution in [2.75, 3.05) is 22.8 Å². The first kappa shape index (κ1) is 19.1. The lowest BCUT2D eigenvalue weighted by Gasteiger charge is -2.21. The first-order valence-corrected chi connectivity index (χ1v) is 9.15. The summed E-state index contributed by atoms with van der Waals surface area (Å²) in [6.07, 6.45) is 0.624. The van der Waals surface area contributed by atoms with Gasteiger partial charge in [-0.3, -0.25) is 4.72 Å². The molecule has 1 unspecified atom stereocenters. The summed E-state index contributed by atoms with van der Waals surface area (Å²) >= 11 is 0. The molecule has 23 heavy (non-hydrogen) atoms. The zero-order chi connectivity index (χ0) is 17.7. The molecule has 8 heteroatoms. The molecule has 0 aliphatic carbocycles. The SMILES string of the molecule is CC(CNC(=O)OC(C)(C)C)Nc1cccc(NS(C)(=O)=O)c1. The fraction of sp³-hybridized carbons (Fsp3) is 0.533. The molecule has 0 saturated carbocycles. The molecule has 130 valence electrons. The van der Waals surface area contributed by atoms with Crippen molar-refractivity contribution in [3.8, 4) is 0 Å². The van der Waals surface area contributed by atoms with Crippen LogP contribution >= 0.6 is 0 Å². The molecule has 0 fully saturated rings. The highest BCUT2D eigenvalue weighted by Crippen LogP contribution is 2.16. The summed E-state index contributed by atoms with van der Waals surface area (Å²) in [5, 5.41) is 5.86. The fourth-order valence-electron chi connectivity index (χ4n) is 1.77. The molecule has 0 aromatic heterocycles. The van der Waals surface area contributed by atoms with Gasteiger partial charge in [-0.25, -0.2) is 13.2 Å². The van der Waals surface area contributed by atoms with Crippen LogP contribution in [0.15, 0.2) is 24.3 Å². The van der Waals surface area contributed by atoms with E-state index < -0.39 is 21.7 Å². The average molecular weight is 343 g/mol. The van der Waals surface area contributed by atoms with Crippen LogP contribution in [0.5, 0.6) is 0 Å². The number of hydrogen-bond acceptors (Lipinski definition) is 5. The number of amides is 1. The van der Waals surface area contributed by atoms with Crippen molar-refractivity contribution < 1.29 is 17.9 Å². The number of alkyl carbamates (subject to hydrolysis) is 1. The Morgan fingerprint density at radius 1 is 1.26 bits per heavy atom. The summed E-state index contributed by atoms with van der Waals surface area (Å²) in [4.78, 5) is 11.6. The first-order chi connectivity index (χ1) is 10.4. The molecule has 0 aliphatic rings. The molecule has 3 N–H and O–H groups in total. The van der Waals surface area contributed by atoms with Crippen LogP contribution in [0, 0.1) is 0 Å². The van der Waals surface area contributed by atoms with E-state index in [4.69, 9.17) is 4.74 Å². The molecule has 7 nitrogen and oxygen atoms in total. The van der Waals surface area contributed by atoms with Crippen LogP contribution in [-0.2, 0) is 14.8 Å². The molecule has 1 aromatic carbocycles. The van der Waals surface area contributed by atoms with Crippen molar-refractivity contribution in [1.29, 1.82) is 0 Å². The minimum atomic E-state index is -3.31. The number of sulfonamides is 1. The average Bonchev–Trinajstić information content (AvgIpc) is 2.32. The third kappa shape index (κ3) is 8.92. The van der Waals surface area contributed by atoms with Crippen LogP contribution in [0.3, 0.4) is 0 Å². The molecular weight excluding hydrogens is 318 g/mol. The second-order valence-corrected chi connectivity index (χ2v) is 8.13. The minimum absolute atomic E-state index is 0.0593. The van der Waals surface area contributed by atoms with Gasteiger partial charge < -0.3 is 15.4 Å². The van der Waals surface area contributed by atoms with Gasteiger partial charge in [-0.15, -0.1) is 0 Å². The van der Waals surface area contributed by atoms with Crippen LogP contribution in [0.25, 0.3) is 0 Å². The van der Waals surface area contributed by atoms with E-state index in [2.05, 4.69) is 15.4 Å². The standard InChI is InChI=1S/C15H25N3O4S/c1-11(10-16-14(19)22-15(2,3)4)17-12-7-6-8-13(9-12)18-23(5,20)21/h6-9,11,17-18H,10H2,1-5H3,(H,16,19). The monoisotopic (exact) mass is 343 g/mol. The summed E-state index contributed by atoms with van der Waals surface area (Å²) in [5.41, 5.74) is 0.689. The fourth-order valence-corrected chi connectivity index (χ4v) is 2.33. The Hall–Kier alpha value is -1.96. The Bertz CT molecular complexity index is 638. The molecular formula is C15H25N3O4S. The molecule has 1 aromatic rings. The number of benzene rings is 1. The van der Waals surface area contributed by atoms with Crippen LogP contribution in [0.4, 0.5) is 16.2 Å². The zero-order valence-electron chi connectivity index (χ0n) is 14.1. The third-order valence-electron chi connectivity index (χ3n) is 2.53. The third-order valence-corrected chi connectivity index (χ3v) is 3.14. The van der Waals surface area contributed by atoms with Gasteiger partial charge in [-0.05, 0) is 45.9 Å². The molecule has 0 bridgehead atoms. The number of anilines is 2. The molecule has 1 amide bonds. The lowest BCUT2D eigenvalue weighted by Crippen LogP contribution is -2.38. The maximum absolute atomic E-state index is 11.6. The van der Waals surface area contributed by atoms with E-state index in [1.54, 1.807) is 39.0 Å². The van der Waals surface area contributed by atoms with E-state index in [9.17, 15) is 13.2 Å². The van der Waals surface area contributed by atoms with Gasteiger partial charge in [0.2, 0.25) is 10.0 Å². The Balaban J connectivity index is 2.53. The van der Waals surface area contributed by atoms with E-state index in [0.717, 1.165) is 11.9 Å². The topological polar surface area (TPSA) is 96.5 Å². The highest BCUT2D eigenvalue weighted by Gasteiger charge is 2.16. The smallest absolute Gasteiger partial charge is 0.407 e. The summed E-state index contributed by atoms with van der Waals surface area (Å²) < 4.78 is 30.0. The maximum Gasteiger partial charge on any atom is 0.407 e. The molecule has 1 atom stereocenters. The van der Waals surface area contributed by atoms with E-state index in [0.29, 0.717) is 12.2 Å². The van der Waals surface area contributed by atoms with E-state index in [-0.39, 0.29) is 6.04 Å². The van der Waals surface area contributed by atoms with Gasteiger partial charge in [-0.2, -0.15) is 0 Å². The normalized spacial score (nSPS) is 13.1. The Morgan fingerprint density at radius 2 is 1.87 bits per heavy atom. The van der Waals surface area contributed by atoms with Gasteiger partial charge >= 0.3 is 6.09 Å². The molecule has 0 saturated heterocycles. The number of hydrogen-bond donors (Lipinski definition) is 3. The van der Waals surface area contributed by atoms with Gasteiger partial charge in [0.05, 0.1) is 11.9 Å². The Labute approximate surface area is 137 Å². The second kappa shape index (κ2) is 7.54. The van der Waals surface area contributed by atoms with E-state index in [1.165, 1.54) is 0 Å². The lowest BCUT2D eigenvalue weighted by molar-refractivity contribution is 0.0526. The number of carbonyl (C=O) groups excluding carboxylic acids is 1. The molecule has 0 radical (unpaired) electrons. The van der Waals surface area contributed by atoms with Crippen LogP contribution in [-0.4, -0.2) is 39.0 Å². The predicted octanol–water partition coefficient (Wildman–Crippen LogP) is 2.38. The van der Waals surface area contributed by atoms with E-state index in [1.807, 2.05) is 13.0 Å². The van der Waals surface area contributed by atoms with Gasteiger partial charge in [0.15, 0.2) is 0 Å². The molecule has 0 spiro atoms. The summed E-state index contributed by atoms with van der Waals surface area (Å²) in [6, 6.07) is 6.85. The number of rotatable bonds is 6. The van der Waals surface area contributed by atoms with Crippen LogP contribution in [0.1, 0.15) is 27.7 Å². The predicted molar refractivity (Wildman–Crippen MR) is 92.2 cm³/mol. The second-order valence-electron chi connectivity index (χ2n) is 6.38. The van der Waals surface area contributed by atoms with Gasteiger partial charge in [0.1, 0.15) is 5.60 Å². The summed E-state index contributed by atoms with van der Waals surface area (Å²) in [5.74, 6) is 0. The zero-order valence-corrected chi connectivity index (χ0v) is 15.0. The Morgan fingerprint density at radius 3 is 2.43 bits per heavy atom. The van der Waals surface area contributed by atoms with Crippen molar-refractivity contribution in [2.45, 2.75) is 39.3 Å². The van der Waals surface area contributed by atoms with E-state index >= 15 is 0 Å². The highest BCUT2D eigenvalue weighted by atomic mass is 32.2. The van der Waals surface area contributed by atoms with Gasteiger partial charge in [-0.1, -0.05) is 6.07 Å². The van der Waals surface area contributed by atoms with Crippen molar-refractivity contribution in [2.24, 2.45) is 0 Å². The van der Waals surface area contributed by atoms with Gasteiger partial charge in [0.25, 0.3) is 0 Å². The number of carbonyl (C=O) groups is 1. The lowest BCUT2D eigenvalue weighted by atomic mass is 10.2. The number of nitrogens with one attached hydrogen (secondary N) is 3. The largest absolute Gasteiger partial charge is 0.444 e. The van der Waals surface area contributed by atoms with Crippen LogP contribution < -0.4 is 15.4 Å². The summed E-state index contributed by atoms with van der Waals surface area (Å²) in [6.45, 7) is 7.67.